The Bertz CT molecular complexity index is 727. The minimum absolute atomic E-state index is 0.502. The molecule has 4 rings (SSSR count). The van der Waals surface area contributed by atoms with Gasteiger partial charge in [-0.2, -0.15) is 0 Å². The molecule has 1 aliphatic carbocycles. The molecule has 2 aliphatic rings. The van der Waals surface area contributed by atoms with Crippen LogP contribution in [-0.4, -0.2) is 44.0 Å². The summed E-state index contributed by atoms with van der Waals surface area (Å²) in [5, 5.41) is 3.21. The highest BCUT2D eigenvalue weighted by molar-refractivity contribution is 5.46. The van der Waals surface area contributed by atoms with E-state index >= 15 is 0 Å². The summed E-state index contributed by atoms with van der Waals surface area (Å²) in [4.78, 5) is 20.8. The van der Waals surface area contributed by atoms with Crippen molar-refractivity contribution in [1.82, 2.24) is 24.8 Å². The van der Waals surface area contributed by atoms with Crippen molar-refractivity contribution in [2.75, 3.05) is 18.4 Å². The highest BCUT2D eigenvalue weighted by Gasteiger charge is 2.28. The molecule has 1 saturated carbocycles. The Balaban J connectivity index is 1.41. The largest absolute Gasteiger partial charge is 0.307 e. The fraction of sp³-hybridized carbons (Fsp3) is 0.600. The molecule has 0 spiro atoms. The van der Waals surface area contributed by atoms with Gasteiger partial charge in [-0.05, 0) is 58.7 Å². The summed E-state index contributed by atoms with van der Waals surface area (Å²) < 4.78 is 0. The van der Waals surface area contributed by atoms with E-state index in [-0.39, 0.29) is 0 Å². The number of rotatable bonds is 4. The van der Waals surface area contributed by atoms with Crippen LogP contribution >= 0.6 is 0 Å². The molecule has 3 heterocycles. The van der Waals surface area contributed by atoms with Crippen molar-refractivity contribution in [3.8, 4) is 0 Å². The van der Waals surface area contributed by atoms with E-state index in [0.717, 1.165) is 28.9 Å². The summed E-state index contributed by atoms with van der Waals surface area (Å²) in [5.41, 5.74) is 2.98. The fourth-order valence-corrected chi connectivity index (χ4v) is 4.36. The Morgan fingerprint density at radius 1 is 0.923 bits per heavy atom. The summed E-state index contributed by atoms with van der Waals surface area (Å²) in [6, 6.07) is 2.79. The molecule has 0 radical (unpaired) electrons. The number of aromatic nitrogens is 4. The molecule has 1 saturated heterocycles. The first-order chi connectivity index (χ1) is 12.7. The van der Waals surface area contributed by atoms with Crippen LogP contribution in [0, 0.1) is 13.8 Å². The first-order valence-electron chi connectivity index (χ1n) is 9.83. The quantitative estimate of drug-likeness (QED) is 0.904. The van der Waals surface area contributed by atoms with E-state index < -0.39 is 0 Å². The van der Waals surface area contributed by atoms with E-state index in [1.807, 2.05) is 26.1 Å². The molecular weight excluding hydrogens is 324 g/mol. The summed E-state index contributed by atoms with van der Waals surface area (Å²) in [7, 11) is 0. The van der Waals surface area contributed by atoms with Gasteiger partial charge in [0.2, 0.25) is 5.95 Å². The second-order valence-electron chi connectivity index (χ2n) is 7.68. The normalized spacial score (nSPS) is 19.8. The number of piperidine rings is 1. The topological polar surface area (TPSA) is 66.8 Å². The Morgan fingerprint density at radius 2 is 1.62 bits per heavy atom. The third kappa shape index (κ3) is 4.01. The zero-order valence-corrected chi connectivity index (χ0v) is 15.8. The molecule has 1 aliphatic heterocycles. The predicted octanol–water partition coefficient (Wildman–Crippen LogP) is 3.75. The first kappa shape index (κ1) is 17.3. The van der Waals surface area contributed by atoms with E-state index in [4.69, 9.17) is 4.98 Å². The number of hydrogen-bond acceptors (Lipinski definition) is 6. The molecule has 26 heavy (non-hydrogen) atoms. The van der Waals surface area contributed by atoms with Gasteiger partial charge in [0, 0.05) is 29.5 Å². The molecule has 2 fully saturated rings. The fourth-order valence-electron chi connectivity index (χ4n) is 4.36. The zero-order valence-electron chi connectivity index (χ0n) is 15.8. The maximum atomic E-state index is 4.80. The second kappa shape index (κ2) is 7.66. The van der Waals surface area contributed by atoms with Crippen LogP contribution < -0.4 is 5.32 Å². The average molecular weight is 352 g/mol. The molecule has 0 unspecified atom stereocenters. The smallest absolute Gasteiger partial charge is 0.228 e. The Morgan fingerprint density at radius 3 is 2.31 bits per heavy atom. The van der Waals surface area contributed by atoms with Crippen LogP contribution in [0.25, 0.3) is 0 Å². The van der Waals surface area contributed by atoms with Crippen LogP contribution in [0.5, 0.6) is 0 Å². The van der Waals surface area contributed by atoms with Gasteiger partial charge in [-0.1, -0.05) is 12.8 Å². The van der Waals surface area contributed by atoms with E-state index in [9.17, 15) is 0 Å². The maximum Gasteiger partial charge on any atom is 0.228 e. The van der Waals surface area contributed by atoms with E-state index in [0.29, 0.717) is 11.9 Å². The monoisotopic (exact) mass is 352 g/mol. The average Bonchev–Trinajstić information content (AvgIpc) is 3.16. The van der Waals surface area contributed by atoms with Crippen molar-refractivity contribution in [3.05, 3.63) is 35.5 Å². The lowest BCUT2D eigenvalue weighted by molar-refractivity contribution is 0.153. The van der Waals surface area contributed by atoms with Gasteiger partial charge in [0.25, 0.3) is 0 Å². The Hall–Kier alpha value is -2.08. The zero-order chi connectivity index (χ0) is 17.9. The van der Waals surface area contributed by atoms with Crippen LogP contribution in [0.2, 0.25) is 0 Å². The van der Waals surface area contributed by atoms with Gasteiger partial charge in [-0.3, -0.25) is 4.98 Å². The second-order valence-corrected chi connectivity index (χ2v) is 7.68. The Kier molecular flexibility index (Phi) is 5.11. The molecule has 2 aromatic heterocycles. The van der Waals surface area contributed by atoms with Crippen molar-refractivity contribution in [2.45, 2.75) is 64.3 Å². The SMILES string of the molecule is Cc1cc(C)nc(Nc2cncc(C3CCN(C4CCCC4)CC3)n2)n1. The molecule has 0 atom stereocenters. The number of anilines is 2. The standard InChI is InChI=1S/C20H28N6/c1-14-11-15(2)23-20(22-14)25-19-13-21-12-18(24-19)16-7-9-26(10-8-16)17-5-3-4-6-17/h11-13,16-17H,3-10H2,1-2H3,(H,22,23,24,25). The highest BCUT2D eigenvalue weighted by Crippen LogP contribution is 2.31. The number of hydrogen-bond donors (Lipinski definition) is 1. The molecule has 138 valence electrons. The van der Waals surface area contributed by atoms with Crippen LogP contribution in [0.4, 0.5) is 11.8 Å². The van der Waals surface area contributed by atoms with Crippen LogP contribution in [0.3, 0.4) is 0 Å². The summed E-state index contributed by atoms with van der Waals surface area (Å²) in [6.45, 7) is 6.32. The molecular formula is C20H28N6. The molecule has 6 nitrogen and oxygen atoms in total. The lowest BCUT2D eigenvalue weighted by atomic mass is 9.92. The molecule has 6 heteroatoms. The van der Waals surface area contributed by atoms with Crippen LogP contribution in [-0.2, 0) is 0 Å². The van der Waals surface area contributed by atoms with Crippen molar-refractivity contribution >= 4 is 11.8 Å². The predicted molar refractivity (Wildman–Crippen MR) is 103 cm³/mol. The first-order valence-corrected chi connectivity index (χ1v) is 9.83. The van der Waals surface area contributed by atoms with Gasteiger partial charge in [-0.15, -0.1) is 0 Å². The van der Waals surface area contributed by atoms with Gasteiger partial charge in [0.05, 0.1) is 11.9 Å². The van der Waals surface area contributed by atoms with Gasteiger partial charge in [-0.25, -0.2) is 15.0 Å². The van der Waals surface area contributed by atoms with Crippen molar-refractivity contribution in [2.24, 2.45) is 0 Å². The molecule has 2 aromatic rings. The number of nitrogens with zero attached hydrogens (tertiary/aromatic N) is 5. The third-order valence-electron chi connectivity index (χ3n) is 5.66. The van der Waals surface area contributed by atoms with E-state index in [1.165, 1.54) is 51.6 Å². The van der Waals surface area contributed by atoms with Crippen molar-refractivity contribution < 1.29 is 0 Å². The minimum atomic E-state index is 0.502. The lowest BCUT2D eigenvalue weighted by Crippen LogP contribution is -2.39. The molecule has 0 amide bonds. The minimum Gasteiger partial charge on any atom is -0.307 e. The van der Waals surface area contributed by atoms with E-state index in [2.05, 4.69) is 25.2 Å². The van der Waals surface area contributed by atoms with Crippen LogP contribution in [0.15, 0.2) is 18.5 Å². The number of nitrogens with one attached hydrogen (secondary N) is 1. The van der Waals surface area contributed by atoms with Gasteiger partial charge in [0.1, 0.15) is 0 Å². The van der Waals surface area contributed by atoms with Gasteiger partial charge >= 0.3 is 0 Å². The number of aryl methyl sites for hydroxylation is 2. The van der Waals surface area contributed by atoms with Crippen molar-refractivity contribution in [3.63, 3.8) is 0 Å². The highest BCUT2D eigenvalue weighted by atomic mass is 15.2. The summed E-state index contributed by atoms with van der Waals surface area (Å²) in [5.74, 6) is 1.82. The third-order valence-corrected chi connectivity index (χ3v) is 5.66. The summed E-state index contributed by atoms with van der Waals surface area (Å²) >= 11 is 0. The van der Waals surface area contributed by atoms with E-state index in [1.54, 1.807) is 6.20 Å². The Labute approximate surface area is 155 Å². The van der Waals surface area contributed by atoms with Crippen LogP contribution in [0.1, 0.15) is 61.5 Å². The van der Waals surface area contributed by atoms with Crippen molar-refractivity contribution in [1.29, 1.82) is 0 Å². The molecule has 1 N–H and O–H groups in total. The van der Waals surface area contributed by atoms with Gasteiger partial charge < -0.3 is 10.2 Å². The molecule has 0 bridgehead atoms. The molecule has 0 aromatic carbocycles. The maximum absolute atomic E-state index is 4.80. The van der Waals surface area contributed by atoms with Gasteiger partial charge in [0.15, 0.2) is 5.82 Å². The lowest BCUT2D eigenvalue weighted by Gasteiger charge is -2.35. The number of likely N-dealkylation sites (tertiary alicyclic amines) is 1. The summed E-state index contributed by atoms with van der Waals surface area (Å²) in [6.07, 6.45) is 11.6.